The number of carbonyl (C=O) groups is 1. The first kappa shape index (κ1) is 24.4. The Morgan fingerprint density at radius 1 is 1.12 bits per heavy atom. The molecule has 1 aliphatic carbocycles. The van der Waals surface area contributed by atoms with Crippen molar-refractivity contribution in [1.29, 1.82) is 5.26 Å². The Morgan fingerprint density at radius 2 is 1.95 bits per heavy atom. The first-order valence-electron chi connectivity index (χ1n) is 13.4. The van der Waals surface area contributed by atoms with Gasteiger partial charge >= 0.3 is 5.97 Å². The number of nitrogens with zero attached hydrogens (tertiary/aromatic N) is 5. The average molecular weight is 538 g/mol. The molecular weight excluding hydrogens is 510 g/mol. The van der Waals surface area contributed by atoms with Crippen LogP contribution in [0.5, 0.6) is 0 Å². The van der Waals surface area contributed by atoms with Crippen molar-refractivity contribution in [3.05, 3.63) is 70.0 Å². The molecule has 0 bridgehead atoms. The molecule has 2 unspecified atom stereocenters. The number of aromatic carboxylic acids is 1. The van der Waals surface area contributed by atoms with Crippen LogP contribution in [0.4, 0.5) is 11.7 Å². The number of carboxylic acid groups (broad SMARTS) is 1. The van der Waals surface area contributed by atoms with Gasteiger partial charge < -0.3 is 28.6 Å². The molecule has 10 heteroatoms. The van der Waals surface area contributed by atoms with Gasteiger partial charge in [0.25, 0.3) is 6.01 Å². The first-order chi connectivity index (χ1) is 19.4. The van der Waals surface area contributed by atoms with E-state index in [2.05, 4.69) is 20.9 Å². The van der Waals surface area contributed by atoms with E-state index in [1.54, 1.807) is 23.8 Å². The van der Waals surface area contributed by atoms with Gasteiger partial charge in [0.15, 0.2) is 11.0 Å². The zero-order valence-electron chi connectivity index (χ0n) is 21.9. The summed E-state index contributed by atoms with van der Waals surface area (Å²) in [6.45, 7) is 3.39. The van der Waals surface area contributed by atoms with Gasteiger partial charge in [-0.1, -0.05) is 6.07 Å². The van der Waals surface area contributed by atoms with Gasteiger partial charge in [-0.3, -0.25) is 4.79 Å². The summed E-state index contributed by atoms with van der Waals surface area (Å²) >= 11 is 0. The smallest absolute Gasteiger partial charge is 0.341 e. The van der Waals surface area contributed by atoms with Crippen LogP contribution in [-0.4, -0.2) is 60.0 Å². The number of rotatable bonds is 6. The number of pyridine rings is 1. The number of benzene rings is 2. The van der Waals surface area contributed by atoms with Gasteiger partial charge in [-0.15, -0.1) is 0 Å². The molecule has 1 N–H and O–H groups in total. The van der Waals surface area contributed by atoms with E-state index in [0.29, 0.717) is 46.2 Å². The summed E-state index contributed by atoms with van der Waals surface area (Å²) in [6.07, 6.45) is 3.60. The highest BCUT2D eigenvalue weighted by Crippen LogP contribution is 2.46. The lowest BCUT2D eigenvalue weighted by molar-refractivity contribution is 0.0695. The van der Waals surface area contributed by atoms with Crippen LogP contribution in [0.25, 0.3) is 28.0 Å². The topological polar surface area (TPSA) is 125 Å². The molecule has 7 rings (SSSR count). The predicted molar refractivity (Wildman–Crippen MR) is 148 cm³/mol. The van der Waals surface area contributed by atoms with E-state index >= 15 is 0 Å². The Morgan fingerprint density at radius 3 is 2.67 bits per heavy atom. The molecule has 0 radical (unpaired) electrons. The maximum Gasteiger partial charge on any atom is 0.341 e. The average Bonchev–Trinajstić information content (AvgIpc) is 3.35. The Kier molecular flexibility index (Phi) is 5.64. The number of carboxylic acids is 1. The van der Waals surface area contributed by atoms with Gasteiger partial charge in [0, 0.05) is 62.9 Å². The molecule has 3 atom stereocenters. The second-order valence-corrected chi connectivity index (χ2v) is 10.9. The van der Waals surface area contributed by atoms with Crippen LogP contribution >= 0.6 is 0 Å². The summed E-state index contributed by atoms with van der Waals surface area (Å²) < 4.78 is 13.3. The molecule has 2 aromatic heterocycles. The minimum Gasteiger partial charge on any atom is -0.477 e. The van der Waals surface area contributed by atoms with E-state index in [1.807, 2.05) is 24.3 Å². The lowest BCUT2D eigenvalue weighted by Gasteiger charge is -2.21. The maximum atomic E-state index is 12.8. The third kappa shape index (κ3) is 4.10. The van der Waals surface area contributed by atoms with E-state index in [9.17, 15) is 20.0 Å². The van der Waals surface area contributed by atoms with E-state index in [1.165, 1.54) is 18.7 Å². The number of methoxy groups -OCH3 is 1. The fourth-order valence-corrected chi connectivity index (χ4v) is 6.07. The molecule has 4 heterocycles. The Balaban J connectivity index is 1.31. The molecule has 1 saturated carbocycles. The normalized spacial score (nSPS) is 21.6. The highest BCUT2D eigenvalue weighted by molar-refractivity contribution is 5.88. The lowest BCUT2D eigenvalue weighted by atomic mass is 10.0. The molecule has 10 nitrogen and oxygen atoms in total. The Hall–Kier alpha value is -4.62. The Bertz CT molecular complexity index is 1760. The van der Waals surface area contributed by atoms with Crippen molar-refractivity contribution < 1.29 is 19.1 Å². The molecule has 3 aliphatic rings. The van der Waals surface area contributed by atoms with Gasteiger partial charge in [-0.25, -0.2) is 4.79 Å². The fourth-order valence-electron chi connectivity index (χ4n) is 6.07. The highest BCUT2D eigenvalue weighted by atomic mass is 16.5. The second-order valence-electron chi connectivity index (χ2n) is 10.9. The molecule has 4 aromatic rings. The second kappa shape index (κ2) is 9.24. The van der Waals surface area contributed by atoms with E-state index in [-0.39, 0.29) is 11.7 Å². The Labute approximate surface area is 229 Å². The minimum atomic E-state index is -1.31. The van der Waals surface area contributed by atoms with Crippen molar-refractivity contribution in [2.45, 2.75) is 18.9 Å². The summed E-state index contributed by atoms with van der Waals surface area (Å²) in [6, 6.07) is 15.1. The molecule has 0 spiro atoms. The molecule has 2 saturated heterocycles. The van der Waals surface area contributed by atoms with Crippen LogP contribution in [0, 0.1) is 23.2 Å². The molecule has 2 aromatic carbocycles. The fraction of sp³-hybridized carbons (Fsp3) is 0.333. The van der Waals surface area contributed by atoms with Gasteiger partial charge in [0.1, 0.15) is 17.1 Å². The van der Waals surface area contributed by atoms with E-state index in [0.717, 1.165) is 43.6 Å². The summed E-state index contributed by atoms with van der Waals surface area (Å²) in [4.78, 5) is 33.7. The lowest BCUT2D eigenvalue weighted by Crippen LogP contribution is -2.23. The van der Waals surface area contributed by atoms with Crippen LogP contribution in [0.3, 0.4) is 0 Å². The third-order valence-electron chi connectivity index (χ3n) is 8.40. The van der Waals surface area contributed by atoms with Crippen LogP contribution in [-0.2, 0) is 4.74 Å². The van der Waals surface area contributed by atoms with Crippen LogP contribution in [0.2, 0.25) is 0 Å². The van der Waals surface area contributed by atoms with Crippen molar-refractivity contribution in [2.75, 3.05) is 43.1 Å². The van der Waals surface area contributed by atoms with E-state index in [4.69, 9.17) is 9.15 Å². The SMILES string of the molecule is CO[C@@H]1CCN(c2ccc(-c3cc(=O)c(C(=O)O)cn3-c3ccc4nc(N5CC6CC6C5)oc4c3)cc2C#N)C1. The van der Waals surface area contributed by atoms with Crippen molar-refractivity contribution in [3.63, 3.8) is 0 Å². The van der Waals surface area contributed by atoms with Gasteiger partial charge in [0.05, 0.1) is 23.0 Å². The van der Waals surface area contributed by atoms with E-state index < -0.39 is 11.4 Å². The summed E-state index contributed by atoms with van der Waals surface area (Å²) in [7, 11) is 1.69. The quantitative estimate of drug-likeness (QED) is 0.390. The number of aromatic nitrogens is 2. The zero-order valence-corrected chi connectivity index (χ0v) is 21.9. The molecule has 3 fully saturated rings. The molecule has 202 valence electrons. The number of nitriles is 1. The van der Waals surface area contributed by atoms with Crippen molar-refractivity contribution in [3.8, 4) is 23.0 Å². The van der Waals surface area contributed by atoms with Gasteiger partial charge in [0.2, 0.25) is 0 Å². The molecule has 2 aliphatic heterocycles. The van der Waals surface area contributed by atoms with Crippen LogP contribution < -0.4 is 15.2 Å². The highest BCUT2D eigenvalue weighted by Gasteiger charge is 2.46. The van der Waals surface area contributed by atoms with Crippen molar-refractivity contribution in [1.82, 2.24) is 9.55 Å². The summed E-state index contributed by atoms with van der Waals surface area (Å²) in [5.74, 6) is 0.163. The number of hydrogen-bond donors (Lipinski definition) is 1. The number of hydrogen-bond acceptors (Lipinski definition) is 8. The number of fused-ring (bicyclic) bond motifs is 2. The summed E-state index contributed by atoms with van der Waals surface area (Å²) in [5, 5.41) is 19.7. The predicted octanol–water partition coefficient (Wildman–Crippen LogP) is 3.90. The first-order valence-corrected chi connectivity index (χ1v) is 13.4. The van der Waals surface area contributed by atoms with Gasteiger partial charge in [-0.05, 0) is 48.9 Å². The van der Waals surface area contributed by atoms with Crippen molar-refractivity contribution in [2.24, 2.45) is 11.8 Å². The van der Waals surface area contributed by atoms with Crippen LogP contribution in [0.15, 0.2) is 57.9 Å². The molecule has 40 heavy (non-hydrogen) atoms. The number of ether oxygens (including phenoxy) is 1. The number of oxazole rings is 1. The minimum absolute atomic E-state index is 0.114. The summed E-state index contributed by atoms with van der Waals surface area (Å²) in [5.41, 5.74) is 3.28. The third-order valence-corrected chi connectivity index (χ3v) is 8.40. The largest absolute Gasteiger partial charge is 0.477 e. The maximum absolute atomic E-state index is 12.8. The molecule has 0 amide bonds. The number of anilines is 2. The number of piperidine rings is 1. The van der Waals surface area contributed by atoms with Gasteiger partial charge in [-0.2, -0.15) is 10.2 Å². The standard InChI is InChI=1S/C30H27N5O5/c1-39-22-6-7-33(15-22)25-5-2-17(8-18(25)12-31)26-11-27(36)23(29(37)38)16-35(26)21-3-4-24-28(10-21)40-30(32-24)34-13-19-9-20(19)14-34/h2-5,8,10-11,16,19-20,22H,6-7,9,13-15H2,1H3,(H,37,38)/t19?,20?,22-/m1/s1. The zero-order chi connectivity index (χ0) is 27.5. The molecular formula is C30H27N5O5. The monoisotopic (exact) mass is 537 g/mol. The van der Waals surface area contributed by atoms with Crippen molar-refractivity contribution >= 4 is 28.8 Å². The van der Waals surface area contributed by atoms with Crippen LogP contribution in [0.1, 0.15) is 28.8 Å².